The highest BCUT2D eigenvalue weighted by Gasteiger charge is 2.33. The summed E-state index contributed by atoms with van der Waals surface area (Å²) in [6.45, 7) is 6.58. The molecule has 11 heteroatoms. The van der Waals surface area contributed by atoms with Crippen LogP contribution in [0.4, 0.5) is 10.1 Å². The number of nitrogens with zero attached hydrogens (tertiary/aromatic N) is 2. The summed E-state index contributed by atoms with van der Waals surface area (Å²) in [5.41, 5.74) is 1.74. The SMILES string of the molecule is CCC(C)NC(=O)C(C)N(Cc1ccc(Cl)c(Cl)c1)C(=O)CN(c1ccc(C)cc1)S(=O)(=O)c1ccc(F)cc1. The standard InChI is InChI=1S/C29H32Cl2FN3O4S/c1-5-20(3)33-29(37)21(4)34(17-22-8-15-26(30)27(31)16-22)28(36)18-35(24-11-6-19(2)7-12-24)40(38,39)25-13-9-23(32)10-14-25/h6-16,20-21H,5,17-18H2,1-4H3,(H,33,37). The summed E-state index contributed by atoms with van der Waals surface area (Å²) >= 11 is 12.3. The number of anilines is 1. The molecule has 3 aromatic carbocycles. The van der Waals surface area contributed by atoms with E-state index in [9.17, 15) is 22.4 Å². The van der Waals surface area contributed by atoms with Gasteiger partial charge in [-0.15, -0.1) is 0 Å². The molecule has 0 saturated carbocycles. The Hall–Kier alpha value is -3.14. The molecule has 40 heavy (non-hydrogen) atoms. The Balaban J connectivity index is 2.03. The van der Waals surface area contributed by atoms with Crippen molar-refractivity contribution in [3.05, 3.63) is 93.7 Å². The number of hydrogen-bond acceptors (Lipinski definition) is 4. The van der Waals surface area contributed by atoms with Crippen LogP contribution in [0.3, 0.4) is 0 Å². The predicted molar refractivity (Wildman–Crippen MR) is 156 cm³/mol. The van der Waals surface area contributed by atoms with E-state index in [1.54, 1.807) is 49.4 Å². The van der Waals surface area contributed by atoms with E-state index >= 15 is 0 Å². The number of sulfonamides is 1. The fourth-order valence-corrected chi connectivity index (χ4v) is 5.59. The first kappa shape index (κ1) is 31.4. The molecule has 0 radical (unpaired) electrons. The fraction of sp³-hybridized carbons (Fsp3) is 0.310. The highest BCUT2D eigenvalue weighted by Crippen LogP contribution is 2.27. The zero-order valence-electron chi connectivity index (χ0n) is 22.7. The third-order valence-electron chi connectivity index (χ3n) is 6.51. The summed E-state index contributed by atoms with van der Waals surface area (Å²) in [5.74, 6) is -1.60. The lowest BCUT2D eigenvalue weighted by molar-refractivity contribution is -0.139. The Morgan fingerprint density at radius 2 is 1.57 bits per heavy atom. The average molecular weight is 609 g/mol. The summed E-state index contributed by atoms with van der Waals surface area (Å²) in [6, 6.07) is 14.8. The Morgan fingerprint density at radius 3 is 2.15 bits per heavy atom. The lowest BCUT2D eigenvalue weighted by Gasteiger charge is -2.32. The van der Waals surface area contributed by atoms with Crippen LogP contribution in [0.25, 0.3) is 0 Å². The van der Waals surface area contributed by atoms with Crippen LogP contribution in [0.15, 0.2) is 71.6 Å². The second-order valence-corrected chi connectivity index (χ2v) is 12.2. The minimum Gasteiger partial charge on any atom is -0.352 e. The van der Waals surface area contributed by atoms with Crippen molar-refractivity contribution in [2.75, 3.05) is 10.8 Å². The van der Waals surface area contributed by atoms with E-state index in [-0.39, 0.29) is 34.1 Å². The van der Waals surface area contributed by atoms with Gasteiger partial charge in [-0.05, 0) is 81.3 Å². The molecule has 2 atom stereocenters. The highest BCUT2D eigenvalue weighted by molar-refractivity contribution is 7.92. The summed E-state index contributed by atoms with van der Waals surface area (Å²) < 4.78 is 42.0. The maximum atomic E-state index is 13.9. The molecule has 214 valence electrons. The average Bonchev–Trinajstić information content (AvgIpc) is 2.92. The van der Waals surface area contributed by atoms with Crippen molar-refractivity contribution in [1.29, 1.82) is 0 Å². The molecule has 7 nitrogen and oxygen atoms in total. The number of benzene rings is 3. The predicted octanol–water partition coefficient (Wildman–Crippen LogP) is 5.97. The first-order valence-electron chi connectivity index (χ1n) is 12.7. The van der Waals surface area contributed by atoms with Gasteiger partial charge in [0.05, 0.1) is 20.6 Å². The Morgan fingerprint density at radius 1 is 0.950 bits per heavy atom. The molecule has 3 rings (SSSR count). The Bertz CT molecular complexity index is 1450. The van der Waals surface area contributed by atoms with Crippen LogP contribution in [-0.4, -0.2) is 43.8 Å². The van der Waals surface area contributed by atoms with Gasteiger partial charge in [0.25, 0.3) is 10.0 Å². The normalized spacial score (nSPS) is 12.9. The molecule has 0 saturated heterocycles. The molecule has 1 N–H and O–H groups in total. The van der Waals surface area contributed by atoms with Gasteiger partial charge in [0.2, 0.25) is 11.8 Å². The molecule has 0 spiro atoms. The number of carbonyl (C=O) groups is 2. The summed E-state index contributed by atoms with van der Waals surface area (Å²) in [7, 11) is -4.29. The maximum Gasteiger partial charge on any atom is 0.264 e. The van der Waals surface area contributed by atoms with E-state index in [1.165, 1.54) is 4.90 Å². The molecule has 0 bridgehead atoms. The smallest absolute Gasteiger partial charge is 0.264 e. The van der Waals surface area contributed by atoms with Crippen LogP contribution in [0.5, 0.6) is 0 Å². The van der Waals surface area contributed by atoms with Gasteiger partial charge in [-0.2, -0.15) is 0 Å². The van der Waals surface area contributed by atoms with E-state index in [0.29, 0.717) is 17.0 Å². The molecule has 0 aliphatic rings. The molecule has 2 unspecified atom stereocenters. The minimum atomic E-state index is -4.29. The summed E-state index contributed by atoms with van der Waals surface area (Å²) in [5, 5.41) is 3.49. The molecule has 2 amide bonds. The van der Waals surface area contributed by atoms with Crippen LogP contribution < -0.4 is 9.62 Å². The first-order valence-corrected chi connectivity index (χ1v) is 14.9. The van der Waals surface area contributed by atoms with Crippen LogP contribution in [0.1, 0.15) is 38.3 Å². The van der Waals surface area contributed by atoms with E-state index in [4.69, 9.17) is 23.2 Å². The maximum absolute atomic E-state index is 13.9. The van der Waals surface area contributed by atoms with Gasteiger partial charge in [-0.25, -0.2) is 12.8 Å². The van der Waals surface area contributed by atoms with Crippen molar-refractivity contribution in [2.24, 2.45) is 0 Å². The van der Waals surface area contributed by atoms with Crippen LogP contribution in [0.2, 0.25) is 10.0 Å². The number of amides is 2. The van der Waals surface area contributed by atoms with Gasteiger partial charge in [-0.1, -0.05) is 53.9 Å². The minimum absolute atomic E-state index is 0.0247. The van der Waals surface area contributed by atoms with Gasteiger partial charge in [-0.3, -0.25) is 13.9 Å². The number of aryl methyl sites for hydroxylation is 1. The van der Waals surface area contributed by atoms with E-state index in [0.717, 1.165) is 34.1 Å². The van der Waals surface area contributed by atoms with Gasteiger partial charge >= 0.3 is 0 Å². The summed E-state index contributed by atoms with van der Waals surface area (Å²) in [6.07, 6.45) is 0.691. The third-order valence-corrected chi connectivity index (χ3v) is 9.03. The van der Waals surface area contributed by atoms with E-state index < -0.39 is 34.3 Å². The molecule has 0 heterocycles. The third kappa shape index (κ3) is 7.74. The lowest BCUT2D eigenvalue weighted by atomic mass is 10.1. The molecule has 0 aliphatic heterocycles. The van der Waals surface area contributed by atoms with Gasteiger partial charge in [0.15, 0.2) is 0 Å². The zero-order chi connectivity index (χ0) is 29.6. The topological polar surface area (TPSA) is 86.8 Å². The number of hydrogen-bond donors (Lipinski definition) is 1. The lowest BCUT2D eigenvalue weighted by Crippen LogP contribution is -2.52. The van der Waals surface area contributed by atoms with Gasteiger partial charge in [0.1, 0.15) is 18.4 Å². The van der Waals surface area contributed by atoms with E-state index in [1.807, 2.05) is 20.8 Å². The Kier molecular flexibility index (Phi) is 10.6. The monoisotopic (exact) mass is 607 g/mol. The second kappa shape index (κ2) is 13.5. The molecule has 0 aliphatic carbocycles. The Labute approximate surface area is 244 Å². The molecule has 0 aromatic heterocycles. The molecule has 3 aromatic rings. The largest absolute Gasteiger partial charge is 0.352 e. The quantitative estimate of drug-likeness (QED) is 0.291. The van der Waals surface area contributed by atoms with Crippen molar-refractivity contribution >= 4 is 50.7 Å². The van der Waals surface area contributed by atoms with E-state index in [2.05, 4.69) is 5.32 Å². The van der Waals surface area contributed by atoms with Gasteiger partial charge in [0, 0.05) is 12.6 Å². The molecular weight excluding hydrogens is 576 g/mol. The van der Waals surface area contributed by atoms with Crippen molar-refractivity contribution in [3.63, 3.8) is 0 Å². The van der Waals surface area contributed by atoms with Crippen LogP contribution in [0, 0.1) is 12.7 Å². The van der Waals surface area contributed by atoms with Crippen LogP contribution in [-0.2, 0) is 26.2 Å². The number of rotatable bonds is 11. The van der Waals surface area contributed by atoms with Crippen LogP contribution >= 0.6 is 23.2 Å². The first-order chi connectivity index (χ1) is 18.8. The van der Waals surface area contributed by atoms with Crippen molar-refractivity contribution in [3.8, 4) is 0 Å². The van der Waals surface area contributed by atoms with Gasteiger partial charge < -0.3 is 10.2 Å². The molecular formula is C29H32Cl2FN3O4S. The number of carbonyl (C=O) groups excluding carboxylic acids is 2. The number of nitrogens with one attached hydrogen (secondary N) is 1. The number of halogens is 3. The highest BCUT2D eigenvalue weighted by atomic mass is 35.5. The van der Waals surface area contributed by atoms with Crippen molar-refractivity contribution < 1.29 is 22.4 Å². The summed E-state index contributed by atoms with van der Waals surface area (Å²) in [4.78, 5) is 28.1. The second-order valence-electron chi connectivity index (χ2n) is 9.57. The molecule has 0 fully saturated rings. The van der Waals surface area contributed by atoms with Crippen molar-refractivity contribution in [2.45, 2.75) is 57.6 Å². The zero-order valence-corrected chi connectivity index (χ0v) is 25.0. The van der Waals surface area contributed by atoms with Crippen molar-refractivity contribution in [1.82, 2.24) is 10.2 Å². The fourth-order valence-electron chi connectivity index (χ4n) is 3.86.